The van der Waals surface area contributed by atoms with Crippen molar-refractivity contribution in [3.05, 3.63) is 57.6 Å². The zero-order chi connectivity index (χ0) is 24.8. The molecule has 2 aromatic carbocycles. The average molecular weight is 519 g/mol. The first kappa shape index (κ1) is 25.6. The molecule has 1 atom stereocenters. The first-order valence-electron chi connectivity index (χ1n) is 12.4. The number of benzene rings is 2. The first-order chi connectivity index (χ1) is 16.9. The third-order valence-corrected chi connectivity index (χ3v) is 7.26. The fourth-order valence-corrected chi connectivity index (χ4v) is 5.23. The highest BCUT2D eigenvalue weighted by Crippen LogP contribution is 2.31. The van der Waals surface area contributed by atoms with Gasteiger partial charge < -0.3 is 19.7 Å². The first-order valence-corrected chi connectivity index (χ1v) is 13.1. The summed E-state index contributed by atoms with van der Waals surface area (Å²) in [4.78, 5) is 28.5. The van der Waals surface area contributed by atoms with E-state index < -0.39 is 6.04 Å². The number of hydrogen-bond acceptors (Lipinski definition) is 4. The topological polar surface area (TPSA) is 67.9 Å². The van der Waals surface area contributed by atoms with Crippen molar-refractivity contribution in [3.63, 3.8) is 0 Å². The predicted molar refractivity (Wildman–Crippen MR) is 137 cm³/mol. The van der Waals surface area contributed by atoms with E-state index in [2.05, 4.69) is 5.32 Å². The number of fused-ring (bicyclic) bond motifs is 1. The Bertz CT molecular complexity index is 1060. The van der Waals surface area contributed by atoms with Crippen LogP contribution in [-0.2, 0) is 22.6 Å². The molecule has 6 nitrogen and oxygen atoms in total. The van der Waals surface area contributed by atoms with E-state index in [1.165, 1.54) is 0 Å². The third-order valence-electron chi connectivity index (χ3n) is 6.68. The zero-order valence-electron chi connectivity index (χ0n) is 20.0. The molecule has 1 heterocycles. The van der Waals surface area contributed by atoms with Crippen LogP contribution in [0.2, 0.25) is 10.0 Å². The fraction of sp³-hybridized carbons (Fsp3) is 0.481. The highest BCUT2D eigenvalue weighted by molar-refractivity contribution is 6.35. The molecule has 1 aliphatic carbocycles. The number of amides is 2. The molecule has 0 radical (unpaired) electrons. The fourth-order valence-electron chi connectivity index (χ4n) is 4.76. The van der Waals surface area contributed by atoms with E-state index in [9.17, 15) is 9.59 Å². The Balaban J connectivity index is 1.50. The maximum Gasteiger partial charge on any atom is 0.243 e. The van der Waals surface area contributed by atoms with Gasteiger partial charge in [0.25, 0.3) is 0 Å². The summed E-state index contributed by atoms with van der Waals surface area (Å²) in [6.07, 6.45) is 5.53. The quantitative estimate of drug-likeness (QED) is 0.471. The minimum absolute atomic E-state index is 0.0978. The lowest BCUT2D eigenvalue weighted by atomic mass is 10.0. The third kappa shape index (κ3) is 6.62. The highest BCUT2D eigenvalue weighted by Gasteiger charge is 2.31. The largest absolute Gasteiger partial charge is 0.486 e. The highest BCUT2D eigenvalue weighted by atomic mass is 35.5. The molecule has 1 aliphatic heterocycles. The van der Waals surface area contributed by atoms with E-state index in [1.807, 2.05) is 31.2 Å². The average Bonchev–Trinajstić information content (AvgIpc) is 3.36. The summed E-state index contributed by atoms with van der Waals surface area (Å²) >= 11 is 12.5. The Morgan fingerprint density at radius 3 is 2.51 bits per heavy atom. The van der Waals surface area contributed by atoms with Crippen molar-refractivity contribution in [1.82, 2.24) is 10.2 Å². The van der Waals surface area contributed by atoms with Crippen LogP contribution in [-0.4, -0.2) is 42.0 Å². The summed E-state index contributed by atoms with van der Waals surface area (Å²) < 4.78 is 11.3. The number of carbonyl (C=O) groups is 2. The summed E-state index contributed by atoms with van der Waals surface area (Å²) in [6, 6.07) is 10.6. The van der Waals surface area contributed by atoms with E-state index in [0.29, 0.717) is 41.9 Å². The van der Waals surface area contributed by atoms with Crippen LogP contribution in [0.3, 0.4) is 0 Å². The molecule has 8 heteroatoms. The molecule has 2 aliphatic rings. The Morgan fingerprint density at radius 1 is 1.06 bits per heavy atom. The molecule has 4 rings (SSSR count). The van der Waals surface area contributed by atoms with Crippen LogP contribution in [0.5, 0.6) is 11.5 Å². The molecule has 0 saturated heterocycles. The second kappa shape index (κ2) is 12.0. The Labute approximate surface area is 216 Å². The molecular weight excluding hydrogens is 487 g/mol. The number of hydrogen-bond donors (Lipinski definition) is 1. The van der Waals surface area contributed by atoms with Crippen LogP contribution in [0, 0.1) is 0 Å². The van der Waals surface area contributed by atoms with E-state index in [1.54, 1.807) is 17.0 Å². The van der Waals surface area contributed by atoms with Crippen LogP contribution in [0.25, 0.3) is 0 Å². The van der Waals surface area contributed by atoms with Crippen molar-refractivity contribution in [1.29, 1.82) is 0 Å². The van der Waals surface area contributed by atoms with Crippen molar-refractivity contribution in [2.75, 3.05) is 13.2 Å². The van der Waals surface area contributed by atoms with Crippen molar-refractivity contribution in [3.8, 4) is 11.5 Å². The lowest BCUT2D eigenvalue weighted by molar-refractivity contribution is -0.141. The number of rotatable bonds is 9. The van der Waals surface area contributed by atoms with Gasteiger partial charge in [-0.05, 0) is 61.1 Å². The number of aryl methyl sites for hydroxylation is 1. The van der Waals surface area contributed by atoms with Crippen LogP contribution in [0.4, 0.5) is 0 Å². The Morgan fingerprint density at radius 2 is 1.80 bits per heavy atom. The minimum Gasteiger partial charge on any atom is -0.486 e. The molecule has 1 fully saturated rings. The number of nitrogens with zero attached hydrogens (tertiary/aromatic N) is 1. The van der Waals surface area contributed by atoms with Gasteiger partial charge in [0.15, 0.2) is 11.5 Å². The summed E-state index contributed by atoms with van der Waals surface area (Å²) in [5.74, 6) is 1.23. The van der Waals surface area contributed by atoms with Gasteiger partial charge in [0, 0.05) is 29.1 Å². The molecule has 188 valence electrons. The van der Waals surface area contributed by atoms with Gasteiger partial charge in [0.2, 0.25) is 11.8 Å². The maximum absolute atomic E-state index is 13.6. The SMILES string of the molecule is CC[C@@H](C(=O)NC1CCCC1)N(Cc1ccc(Cl)cc1Cl)C(=O)CCc1ccc2c(c1)OCCO2. The monoisotopic (exact) mass is 518 g/mol. The van der Waals surface area contributed by atoms with Crippen molar-refractivity contribution >= 4 is 35.0 Å². The molecule has 1 N–H and O–H groups in total. The van der Waals surface area contributed by atoms with Gasteiger partial charge in [-0.15, -0.1) is 0 Å². The molecule has 1 saturated carbocycles. The smallest absolute Gasteiger partial charge is 0.243 e. The van der Waals surface area contributed by atoms with Gasteiger partial charge >= 0.3 is 0 Å². The Hall–Kier alpha value is -2.44. The van der Waals surface area contributed by atoms with Gasteiger partial charge in [-0.1, -0.05) is 55.1 Å². The summed E-state index contributed by atoms with van der Waals surface area (Å²) in [6.45, 7) is 3.23. The standard InChI is InChI=1S/C27H32Cl2N2O4/c1-2-23(27(33)30-21-5-3-4-6-21)31(17-19-9-10-20(28)16-22(19)29)26(32)12-8-18-7-11-24-25(15-18)35-14-13-34-24/h7,9-11,15-16,21,23H,2-6,8,12-14,17H2,1H3,(H,30,33)/t23-/m0/s1. The minimum atomic E-state index is -0.574. The lowest BCUT2D eigenvalue weighted by Gasteiger charge is -2.32. The van der Waals surface area contributed by atoms with Gasteiger partial charge in [-0.25, -0.2) is 0 Å². The second-order valence-electron chi connectivity index (χ2n) is 9.15. The summed E-state index contributed by atoms with van der Waals surface area (Å²) in [7, 11) is 0. The zero-order valence-corrected chi connectivity index (χ0v) is 21.5. The number of halogens is 2. The molecule has 2 aromatic rings. The number of nitrogens with one attached hydrogen (secondary N) is 1. The number of carbonyl (C=O) groups excluding carboxylic acids is 2. The molecule has 0 spiro atoms. The number of ether oxygens (including phenoxy) is 2. The molecule has 0 unspecified atom stereocenters. The molecule has 0 aromatic heterocycles. The van der Waals surface area contributed by atoms with Gasteiger partial charge in [0.05, 0.1) is 0 Å². The van der Waals surface area contributed by atoms with Crippen LogP contribution in [0.15, 0.2) is 36.4 Å². The molecule has 0 bridgehead atoms. The van der Waals surface area contributed by atoms with E-state index >= 15 is 0 Å². The second-order valence-corrected chi connectivity index (χ2v) is 9.99. The van der Waals surface area contributed by atoms with Crippen LogP contribution >= 0.6 is 23.2 Å². The van der Waals surface area contributed by atoms with E-state index in [0.717, 1.165) is 42.6 Å². The summed E-state index contributed by atoms with van der Waals surface area (Å²) in [5, 5.41) is 4.17. The van der Waals surface area contributed by atoms with E-state index in [-0.39, 0.29) is 30.8 Å². The summed E-state index contributed by atoms with van der Waals surface area (Å²) in [5.41, 5.74) is 1.74. The van der Waals surface area contributed by atoms with Crippen LogP contribution < -0.4 is 14.8 Å². The van der Waals surface area contributed by atoms with Gasteiger partial charge in [0.1, 0.15) is 19.3 Å². The predicted octanol–water partition coefficient (Wildman–Crippen LogP) is 5.56. The van der Waals surface area contributed by atoms with Crippen molar-refractivity contribution in [2.45, 2.75) is 70.5 Å². The van der Waals surface area contributed by atoms with Crippen LogP contribution in [0.1, 0.15) is 56.6 Å². The Kier molecular flexibility index (Phi) is 8.79. The lowest BCUT2D eigenvalue weighted by Crippen LogP contribution is -2.51. The molecular formula is C27H32Cl2N2O4. The molecule has 35 heavy (non-hydrogen) atoms. The van der Waals surface area contributed by atoms with Gasteiger partial charge in [-0.3, -0.25) is 9.59 Å². The normalized spacial score (nSPS) is 16.1. The van der Waals surface area contributed by atoms with E-state index in [4.69, 9.17) is 32.7 Å². The molecule has 2 amide bonds. The maximum atomic E-state index is 13.6. The van der Waals surface area contributed by atoms with Crippen molar-refractivity contribution < 1.29 is 19.1 Å². The van der Waals surface area contributed by atoms with Gasteiger partial charge in [-0.2, -0.15) is 0 Å². The van der Waals surface area contributed by atoms with Crippen molar-refractivity contribution in [2.24, 2.45) is 0 Å².